The number of furan rings is 2. The summed E-state index contributed by atoms with van der Waals surface area (Å²) in [5, 5.41) is 4.57. The molecule has 0 saturated heterocycles. The van der Waals surface area contributed by atoms with Crippen molar-refractivity contribution in [3.63, 3.8) is 0 Å². The van der Waals surface area contributed by atoms with Crippen LogP contribution in [0.5, 0.6) is 0 Å². The molecule has 13 rings (SSSR count). The third-order valence-corrected chi connectivity index (χ3v) is 18.1. The van der Waals surface area contributed by atoms with Crippen molar-refractivity contribution in [2.24, 2.45) is 0 Å². The molecule has 0 radical (unpaired) electrons. The number of rotatable bonds is 6. The molecule has 2 aliphatic carbocycles. The minimum atomic E-state index is -0.390. The first-order valence-electron chi connectivity index (χ1n) is 28.9. The van der Waals surface area contributed by atoms with Crippen molar-refractivity contribution in [3.8, 4) is 22.3 Å². The highest BCUT2D eigenvalue weighted by Gasteiger charge is 2.45. The van der Waals surface area contributed by atoms with Gasteiger partial charge in [0.25, 0.3) is 0 Å². The van der Waals surface area contributed by atoms with Gasteiger partial charge >= 0.3 is 0 Å². The highest BCUT2D eigenvalue weighted by atomic mass is 16.3. The van der Waals surface area contributed by atoms with Gasteiger partial charge in [-0.2, -0.15) is 0 Å². The molecule has 0 aliphatic heterocycles. The van der Waals surface area contributed by atoms with Crippen molar-refractivity contribution >= 4 is 78.0 Å². The minimum absolute atomic E-state index is 0.0133. The van der Waals surface area contributed by atoms with E-state index in [0.717, 1.165) is 78.0 Å². The molecular weight excluding hydrogens is 973 g/mol. The summed E-state index contributed by atoms with van der Waals surface area (Å²) < 4.78 is 14.5. The van der Waals surface area contributed by atoms with Crippen LogP contribution >= 0.6 is 0 Å². The van der Waals surface area contributed by atoms with Gasteiger partial charge in [0.1, 0.15) is 11.2 Å². The van der Waals surface area contributed by atoms with Crippen LogP contribution in [0, 0.1) is 0 Å². The van der Waals surface area contributed by atoms with Gasteiger partial charge in [0.2, 0.25) is 0 Å². The monoisotopic (exact) mass is 1050 g/mol. The van der Waals surface area contributed by atoms with E-state index in [9.17, 15) is 0 Å². The second-order valence-corrected chi connectivity index (χ2v) is 28.3. The lowest BCUT2D eigenvalue weighted by Crippen LogP contribution is -2.18. The number of para-hydroxylation sites is 2. The molecule has 2 heterocycles. The molecule has 80 heavy (non-hydrogen) atoms. The van der Waals surface area contributed by atoms with Gasteiger partial charge in [-0.05, 0) is 173 Å². The number of nitrogens with zero attached hydrogens (tertiary/aromatic N) is 2. The first-order chi connectivity index (χ1) is 37.7. The largest absolute Gasteiger partial charge is 0.454 e. The lowest BCUT2D eigenvalue weighted by atomic mass is 9.79. The third-order valence-electron chi connectivity index (χ3n) is 18.1. The van der Waals surface area contributed by atoms with Crippen LogP contribution in [0.3, 0.4) is 0 Å². The Bertz CT molecular complexity index is 3890. The topological polar surface area (TPSA) is 32.8 Å². The van der Waals surface area contributed by atoms with Crippen LogP contribution in [-0.2, 0) is 32.5 Å². The van der Waals surface area contributed by atoms with Gasteiger partial charge in [0, 0.05) is 55.1 Å². The maximum absolute atomic E-state index is 7.23. The lowest BCUT2D eigenvalue weighted by Gasteiger charge is -2.30. The Morgan fingerprint density at radius 1 is 0.325 bits per heavy atom. The van der Waals surface area contributed by atoms with E-state index in [0.29, 0.717) is 0 Å². The predicted octanol–water partition coefficient (Wildman–Crippen LogP) is 22.2. The first kappa shape index (κ1) is 51.6. The zero-order valence-corrected chi connectivity index (χ0v) is 49.9. The quantitative estimate of drug-likeness (QED) is 0.166. The van der Waals surface area contributed by atoms with Gasteiger partial charge < -0.3 is 18.6 Å². The zero-order chi connectivity index (χ0) is 56.4. The second-order valence-electron chi connectivity index (χ2n) is 28.3. The molecular formula is C76H76N2O2. The van der Waals surface area contributed by atoms with Crippen LogP contribution in [0.25, 0.3) is 66.1 Å². The van der Waals surface area contributed by atoms with E-state index in [1.54, 1.807) is 0 Å². The Labute approximate surface area is 474 Å². The SMILES string of the molecule is CC(C)(C)c1ccc(N(c2ccc(C(C)(C)C)cc2)c2cc3c(c4c2oc2ccccc24)-c2cc4c(cc2C3(C)C)-c2c(cc(N(c3ccc(C(C)(C)C)cc3)c3ccc(C(C)(C)C)cc3)c3oc5ccccc5c23)C4(C)C)cc1. The minimum Gasteiger partial charge on any atom is -0.454 e. The molecule has 4 heteroatoms. The van der Waals surface area contributed by atoms with Crippen LogP contribution in [0.1, 0.15) is 155 Å². The molecule has 2 aliphatic rings. The van der Waals surface area contributed by atoms with Crippen LogP contribution < -0.4 is 9.80 Å². The Balaban J connectivity index is 1.05. The Kier molecular flexibility index (Phi) is 11.2. The van der Waals surface area contributed by atoms with Crippen molar-refractivity contribution in [2.75, 3.05) is 9.80 Å². The number of anilines is 6. The number of hydrogen-bond donors (Lipinski definition) is 0. The van der Waals surface area contributed by atoms with E-state index in [1.165, 1.54) is 66.8 Å². The fourth-order valence-corrected chi connectivity index (χ4v) is 13.3. The van der Waals surface area contributed by atoms with Crippen molar-refractivity contribution in [1.29, 1.82) is 0 Å². The van der Waals surface area contributed by atoms with Gasteiger partial charge in [-0.1, -0.05) is 196 Å². The average molecular weight is 1050 g/mol. The molecule has 0 N–H and O–H groups in total. The maximum Gasteiger partial charge on any atom is 0.160 e. The van der Waals surface area contributed by atoms with Crippen molar-refractivity contribution in [3.05, 3.63) is 214 Å². The molecule has 2 aromatic heterocycles. The molecule has 0 fully saturated rings. The summed E-state index contributed by atoms with van der Waals surface area (Å²) >= 11 is 0. The summed E-state index contributed by atoms with van der Waals surface area (Å²) in [5.41, 5.74) is 24.7. The van der Waals surface area contributed by atoms with Crippen molar-refractivity contribution in [2.45, 2.75) is 143 Å². The van der Waals surface area contributed by atoms with Gasteiger partial charge in [-0.25, -0.2) is 0 Å². The van der Waals surface area contributed by atoms with Crippen LogP contribution in [0.4, 0.5) is 34.1 Å². The van der Waals surface area contributed by atoms with E-state index >= 15 is 0 Å². The van der Waals surface area contributed by atoms with E-state index in [1.807, 2.05) is 0 Å². The molecule has 0 saturated carbocycles. The van der Waals surface area contributed by atoms with E-state index in [-0.39, 0.29) is 21.7 Å². The van der Waals surface area contributed by atoms with Crippen molar-refractivity contribution in [1.82, 2.24) is 0 Å². The highest BCUT2D eigenvalue weighted by molar-refractivity contribution is 6.22. The molecule has 0 amide bonds. The third kappa shape index (κ3) is 7.90. The van der Waals surface area contributed by atoms with E-state index in [4.69, 9.17) is 8.83 Å². The fourth-order valence-electron chi connectivity index (χ4n) is 13.3. The Hall–Kier alpha value is -7.82. The van der Waals surface area contributed by atoms with Gasteiger partial charge in [-0.15, -0.1) is 0 Å². The number of fused-ring (bicyclic) bond motifs is 14. The number of benzene rings is 9. The summed E-state index contributed by atoms with van der Waals surface area (Å²) in [7, 11) is 0. The van der Waals surface area contributed by atoms with Crippen LogP contribution in [-0.4, -0.2) is 0 Å². The average Bonchev–Trinajstić information content (AvgIpc) is 4.27. The smallest absolute Gasteiger partial charge is 0.160 e. The Morgan fingerprint density at radius 3 is 0.875 bits per heavy atom. The molecule has 11 aromatic rings. The zero-order valence-electron chi connectivity index (χ0n) is 49.9. The Morgan fingerprint density at radius 2 is 0.600 bits per heavy atom. The van der Waals surface area contributed by atoms with Gasteiger partial charge in [0.05, 0.1) is 11.4 Å². The summed E-state index contributed by atoms with van der Waals surface area (Å²) in [4.78, 5) is 4.86. The number of hydrogen-bond acceptors (Lipinski definition) is 4. The first-order valence-corrected chi connectivity index (χ1v) is 28.9. The molecule has 0 atom stereocenters. The second kappa shape index (κ2) is 17.3. The molecule has 9 aromatic carbocycles. The van der Waals surface area contributed by atoms with Crippen LogP contribution in [0.15, 0.2) is 179 Å². The molecule has 4 nitrogen and oxygen atoms in total. The maximum atomic E-state index is 7.23. The van der Waals surface area contributed by atoms with Crippen LogP contribution in [0.2, 0.25) is 0 Å². The molecule has 402 valence electrons. The summed E-state index contributed by atoms with van der Waals surface area (Å²) in [5.74, 6) is 0. The summed E-state index contributed by atoms with van der Waals surface area (Å²) in [6.07, 6.45) is 0. The molecule has 0 spiro atoms. The standard InChI is InChI=1S/C76H76N2O2/c1-71(2,3)45-25-33-49(34-26-45)77(50-35-27-46(28-36-50)72(4,5)6)61-43-59-65(67-53-21-17-19-23-63(53)79-69(61)67)55-41-58-56(42-57(55)75(59,13)14)66-60(76(58,15)16)44-62(70-68(66)54-22-18-20-24-64(54)80-70)78(51-37-29-47(30-38-51)73(7,8)9)52-39-31-48(32-40-52)74(10,11)12/h17-44H,1-16H3. The van der Waals surface area contributed by atoms with Gasteiger partial charge in [0.15, 0.2) is 11.2 Å². The normalized spacial score (nSPS) is 14.7. The van der Waals surface area contributed by atoms with Crippen molar-refractivity contribution < 1.29 is 8.83 Å². The van der Waals surface area contributed by atoms with Gasteiger partial charge in [-0.3, -0.25) is 0 Å². The summed E-state index contributed by atoms with van der Waals surface area (Å²) in [6.45, 7) is 37.1. The molecule has 0 unspecified atom stereocenters. The predicted molar refractivity (Wildman–Crippen MR) is 340 cm³/mol. The highest BCUT2D eigenvalue weighted by Crippen LogP contribution is 2.62. The molecule has 0 bridgehead atoms. The fraction of sp³-hybridized carbons (Fsp3) is 0.289. The van der Waals surface area contributed by atoms with E-state index in [2.05, 4.69) is 290 Å². The lowest BCUT2D eigenvalue weighted by molar-refractivity contribution is 0.590. The van der Waals surface area contributed by atoms with E-state index < -0.39 is 10.8 Å². The summed E-state index contributed by atoms with van der Waals surface area (Å²) in [6, 6.07) is 64.1.